The Morgan fingerprint density at radius 1 is 1.07 bits per heavy atom. The van der Waals surface area contributed by atoms with E-state index in [9.17, 15) is 9.18 Å². The van der Waals surface area contributed by atoms with Crippen molar-refractivity contribution in [2.45, 2.75) is 44.2 Å². The number of halogens is 1. The third-order valence-corrected chi connectivity index (χ3v) is 6.79. The molecule has 0 aliphatic carbocycles. The lowest BCUT2D eigenvalue weighted by atomic mass is 9.88. The van der Waals surface area contributed by atoms with Gasteiger partial charge in [-0.1, -0.05) is 24.0 Å². The van der Waals surface area contributed by atoms with E-state index in [2.05, 4.69) is 23.8 Å². The summed E-state index contributed by atoms with van der Waals surface area (Å²) in [5, 5.41) is 0.556. The first kappa shape index (κ1) is 19.0. The predicted molar refractivity (Wildman–Crippen MR) is 116 cm³/mol. The number of aromatic nitrogens is 2. The molecule has 2 aromatic carbocycles. The predicted octanol–water partition coefficient (Wildman–Crippen LogP) is 3.74. The average Bonchev–Trinajstić information content (AvgIpc) is 2.98. The van der Waals surface area contributed by atoms with Crippen molar-refractivity contribution in [3.8, 4) is 11.8 Å². The molecule has 152 valence electrons. The molecular weight excluding hydrogens is 377 g/mol. The van der Waals surface area contributed by atoms with E-state index in [1.807, 2.05) is 22.8 Å². The Balaban J connectivity index is 1.58. The largest absolute Gasteiger partial charge is 0.301 e. The molecule has 3 heterocycles. The van der Waals surface area contributed by atoms with Crippen LogP contribution in [0.2, 0.25) is 0 Å². The van der Waals surface area contributed by atoms with Crippen LogP contribution in [0.4, 0.5) is 4.39 Å². The van der Waals surface area contributed by atoms with Gasteiger partial charge in [0.1, 0.15) is 11.6 Å². The van der Waals surface area contributed by atoms with Gasteiger partial charge in [0.25, 0.3) is 5.56 Å². The van der Waals surface area contributed by atoms with Crippen LogP contribution in [0.1, 0.15) is 42.6 Å². The van der Waals surface area contributed by atoms with Crippen LogP contribution < -0.4 is 5.56 Å². The fourth-order valence-electron chi connectivity index (χ4n) is 5.04. The van der Waals surface area contributed by atoms with Crippen LogP contribution in [-0.4, -0.2) is 33.6 Å². The molecule has 0 N–H and O–H groups in total. The molecule has 1 saturated heterocycles. The van der Waals surface area contributed by atoms with Crippen molar-refractivity contribution in [3.05, 3.63) is 75.6 Å². The number of nitrogens with zero attached hydrogens (tertiary/aromatic N) is 3. The summed E-state index contributed by atoms with van der Waals surface area (Å²) >= 11 is 0. The number of likely N-dealkylation sites (tertiary alicyclic amines) is 1. The van der Waals surface area contributed by atoms with Gasteiger partial charge in [-0.3, -0.25) is 9.36 Å². The van der Waals surface area contributed by atoms with Gasteiger partial charge in [-0.05, 0) is 69.6 Å². The molecule has 0 bridgehead atoms. The third-order valence-electron chi connectivity index (χ3n) is 6.79. The fraction of sp³-hybridized carbons (Fsp3) is 0.360. The Morgan fingerprint density at radius 3 is 2.73 bits per heavy atom. The molecule has 2 aliphatic rings. The molecule has 1 unspecified atom stereocenters. The van der Waals surface area contributed by atoms with Crippen LogP contribution in [0.15, 0.2) is 47.3 Å². The van der Waals surface area contributed by atoms with Crippen molar-refractivity contribution in [2.75, 3.05) is 13.6 Å². The first-order valence-electron chi connectivity index (χ1n) is 10.6. The molecule has 0 saturated carbocycles. The minimum Gasteiger partial charge on any atom is -0.301 e. The molecule has 30 heavy (non-hydrogen) atoms. The van der Waals surface area contributed by atoms with Crippen molar-refractivity contribution in [2.24, 2.45) is 0 Å². The quantitative estimate of drug-likeness (QED) is 0.539. The second kappa shape index (κ2) is 7.37. The van der Waals surface area contributed by atoms with E-state index in [1.165, 1.54) is 25.0 Å². The highest BCUT2D eigenvalue weighted by atomic mass is 19.1. The van der Waals surface area contributed by atoms with Crippen molar-refractivity contribution < 1.29 is 4.39 Å². The van der Waals surface area contributed by atoms with Gasteiger partial charge in [0.2, 0.25) is 0 Å². The maximum absolute atomic E-state index is 13.5. The van der Waals surface area contributed by atoms with Gasteiger partial charge < -0.3 is 4.90 Å². The van der Waals surface area contributed by atoms with Crippen molar-refractivity contribution in [1.82, 2.24) is 14.5 Å². The zero-order valence-corrected chi connectivity index (χ0v) is 17.1. The van der Waals surface area contributed by atoms with Gasteiger partial charge in [0.05, 0.1) is 10.9 Å². The van der Waals surface area contributed by atoms with E-state index >= 15 is 0 Å². The highest BCUT2D eigenvalue weighted by molar-refractivity contribution is 5.84. The van der Waals surface area contributed by atoms with Gasteiger partial charge in [-0.15, -0.1) is 0 Å². The monoisotopic (exact) mass is 401 g/mol. The van der Waals surface area contributed by atoms with E-state index in [0.717, 1.165) is 31.6 Å². The molecular formula is C25H24FN3O. The maximum Gasteiger partial charge on any atom is 0.262 e. The Kier molecular flexibility index (Phi) is 4.67. The molecule has 3 aromatic rings. The Morgan fingerprint density at radius 2 is 1.93 bits per heavy atom. The Hall–Kier alpha value is -2.97. The van der Waals surface area contributed by atoms with Gasteiger partial charge in [0.15, 0.2) is 0 Å². The SMILES string of the molecule is CN1CCCC12CCc1nc3cccc(C#Cc4cccc(F)c4)c3c(=O)n1CC2. The minimum absolute atomic E-state index is 0.0168. The molecule has 1 fully saturated rings. The normalized spacial score (nSPS) is 21.3. The van der Waals surface area contributed by atoms with E-state index < -0.39 is 0 Å². The number of fused-ring (bicyclic) bond motifs is 2. The summed E-state index contributed by atoms with van der Waals surface area (Å²) in [4.78, 5) is 20.8. The molecule has 1 atom stereocenters. The van der Waals surface area contributed by atoms with E-state index in [-0.39, 0.29) is 16.9 Å². The Bertz CT molecular complexity index is 1250. The fourth-order valence-corrected chi connectivity index (χ4v) is 5.04. The van der Waals surface area contributed by atoms with Crippen LogP contribution in [0.5, 0.6) is 0 Å². The highest BCUT2D eigenvalue weighted by Crippen LogP contribution is 2.37. The topological polar surface area (TPSA) is 38.1 Å². The summed E-state index contributed by atoms with van der Waals surface area (Å²) in [5.74, 6) is 6.61. The first-order valence-corrected chi connectivity index (χ1v) is 10.6. The number of rotatable bonds is 0. The van der Waals surface area contributed by atoms with Crippen molar-refractivity contribution >= 4 is 10.9 Å². The number of aryl methyl sites for hydroxylation is 1. The maximum atomic E-state index is 13.5. The zero-order valence-electron chi connectivity index (χ0n) is 17.1. The van der Waals surface area contributed by atoms with Crippen molar-refractivity contribution in [3.63, 3.8) is 0 Å². The summed E-state index contributed by atoms with van der Waals surface area (Å²) in [7, 11) is 2.20. The number of hydrogen-bond donors (Lipinski definition) is 0. The summed E-state index contributed by atoms with van der Waals surface area (Å²) in [6.45, 7) is 1.81. The Labute approximate surface area is 175 Å². The summed E-state index contributed by atoms with van der Waals surface area (Å²) < 4.78 is 15.3. The lowest BCUT2D eigenvalue weighted by Gasteiger charge is -2.35. The molecule has 0 radical (unpaired) electrons. The molecule has 5 heteroatoms. The van der Waals surface area contributed by atoms with E-state index in [1.54, 1.807) is 12.1 Å². The minimum atomic E-state index is -0.322. The van der Waals surface area contributed by atoms with Crippen LogP contribution >= 0.6 is 0 Å². The van der Waals surface area contributed by atoms with Gasteiger partial charge in [0, 0.05) is 29.6 Å². The number of hydrogen-bond acceptors (Lipinski definition) is 3. The summed E-state index contributed by atoms with van der Waals surface area (Å²) in [6.07, 6.45) is 5.24. The molecule has 2 aliphatic heterocycles. The van der Waals surface area contributed by atoms with Crippen LogP contribution in [0.3, 0.4) is 0 Å². The van der Waals surface area contributed by atoms with Gasteiger partial charge in [-0.2, -0.15) is 0 Å². The second-order valence-corrected chi connectivity index (χ2v) is 8.44. The van der Waals surface area contributed by atoms with Gasteiger partial charge in [-0.25, -0.2) is 9.37 Å². The van der Waals surface area contributed by atoms with Crippen LogP contribution in [-0.2, 0) is 13.0 Å². The molecule has 5 rings (SSSR count). The van der Waals surface area contributed by atoms with E-state index in [0.29, 0.717) is 28.6 Å². The number of benzene rings is 2. The lowest BCUT2D eigenvalue weighted by molar-refractivity contribution is 0.148. The molecule has 0 amide bonds. The zero-order chi connectivity index (χ0) is 20.7. The lowest BCUT2D eigenvalue weighted by Crippen LogP contribution is -2.41. The summed E-state index contributed by atoms with van der Waals surface area (Å²) in [5.41, 5.74) is 2.08. The third kappa shape index (κ3) is 3.22. The van der Waals surface area contributed by atoms with Crippen LogP contribution in [0.25, 0.3) is 10.9 Å². The van der Waals surface area contributed by atoms with Gasteiger partial charge >= 0.3 is 0 Å². The average molecular weight is 401 g/mol. The molecule has 1 spiro atoms. The smallest absolute Gasteiger partial charge is 0.262 e. The summed E-state index contributed by atoms with van der Waals surface area (Å²) in [6, 6.07) is 11.8. The van der Waals surface area contributed by atoms with Crippen LogP contribution in [0, 0.1) is 17.7 Å². The highest BCUT2D eigenvalue weighted by Gasteiger charge is 2.39. The van der Waals surface area contributed by atoms with E-state index in [4.69, 9.17) is 4.98 Å². The first-order chi connectivity index (χ1) is 14.6. The second-order valence-electron chi connectivity index (χ2n) is 8.44. The molecule has 1 aromatic heterocycles. The molecule has 4 nitrogen and oxygen atoms in total. The van der Waals surface area contributed by atoms with Crippen molar-refractivity contribution in [1.29, 1.82) is 0 Å². The standard InChI is InChI=1S/C25H24FN3O/c1-28-15-4-12-25(28)13-11-22-27-21-8-3-6-19(23(21)24(30)29(22)16-14-25)10-9-18-5-2-7-20(26)17-18/h2-3,5-8,17H,4,11-16H2,1H3.